The average molecular weight is 230 g/mol. The second-order valence-electron chi connectivity index (χ2n) is 2.98. The van der Waals surface area contributed by atoms with E-state index in [2.05, 4.69) is 16.1 Å². The summed E-state index contributed by atoms with van der Waals surface area (Å²) in [4.78, 5) is 18.1. The van der Waals surface area contributed by atoms with Gasteiger partial charge in [-0.25, -0.2) is 4.98 Å². The van der Waals surface area contributed by atoms with E-state index in [1.165, 1.54) is 11.3 Å². The highest BCUT2D eigenvalue weighted by Gasteiger charge is 2.08. The maximum absolute atomic E-state index is 11.0. The van der Waals surface area contributed by atoms with Crippen molar-refractivity contribution in [3.8, 4) is 0 Å². The summed E-state index contributed by atoms with van der Waals surface area (Å²) in [5.74, 6) is 1.16. The summed E-state index contributed by atoms with van der Waals surface area (Å²) in [7, 11) is 2.00. The van der Waals surface area contributed by atoms with Crippen LogP contribution in [0.2, 0.25) is 0 Å². The first-order valence-electron chi connectivity index (χ1n) is 4.32. The number of ketones is 1. The molecular formula is C9H14N2OS2. The van der Waals surface area contributed by atoms with Gasteiger partial charge in [-0.1, -0.05) is 11.3 Å². The minimum atomic E-state index is 0.0898. The lowest BCUT2D eigenvalue weighted by Crippen LogP contribution is -2.19. The Bertz CT molecular complexity index is 312. The molecule has 0 aromatic carbocycles. The predicted molar refractivity (Wildman–Crippen MR) is 63.8 cm³/mol. The molecule has 1 aromatic heterocycles. The molecule has 0 N–H and O–H groups in total. The molecule has 0 aliphatic rings. The number of nitrogens with zero attached hydrogens (tertiary/aromatic N) is 2. The van der Waals surface area contributed by atoms with E-state index in [1.807, 2.05) is 7.05 Å². The topological polar surface area (TPSA) is 33.2 Å². The van der Waals surface area contributed by atoms with Crippen LogP contribution in [-0.2, 0) is 0 Å². The lowest BCUT2D eigenvalue weighted by atomic mass is 10.4. The maximum atomic E-state index is 11.0. The van der Waals surface area contributed by atoms with E-state index in [-0.39, 0.29) is 5.78 Å². The van der Waals surface area contributed by atoms with Gasteiger partial charge in [0.2, 0.25) is 0 Å². The van der Waals surface area contributed by atoms with Gasteiger partial charge in [0.15, 0.2) is 10.9 Å². The van der Waals surface area contributed by atoms with Crippen LogP contribution in [0.1, 0.15) is 16.6 Å². The number of thiazole rings is 1. The van der Waals surface area contributed by atoms with E-state index in [4.69, 9.17) is 0 Å². The quantitative estimate of drug-likeness (QED) is 0.726. The minimum Gasteiger partial charge on any atom is -0.350 e. The number of hydrogen-bond acceptors (Lipinski definition) is 5. The van der Waals surface area contributed by atoms with Crippen LogP contribution in [0.4, 0.5) is 5.13 Å². The molecule has 0 unspecified atom stereocenters. The fraction of sp³-hybridized carbons (Fsp3) is 0.556. The monoisotopic (exact) mass is 230 g/mol. The Balaban J connectivity index is 2.61. The number of Topliss-reactive ketones (excluding diaryl/α,β-unsaturated/α-hetero) is 1. The first kappa shape index (κ1) is 11.5. The maximum Gasteiger partial charge on any atom is 0.185 e. The van der Waals surface area contributed by atoms with Gasteiger partial charge in [0.05, 0.1) is 11.1 Å². The third-order valence-electron chi connectivity index (χ3n) is 1.80. The van der Waals surface area contributed by atoms with Crippen LogP contribution in [0.15, 0.2) is 6.20 Å². The largest absolute Gasteiger partial charge is 0.350 e. The summed E-state index contributed by atoms with van der Waals surface area (Å²) in [5, 5.41) is 0.921. The highest BCUT2D eigenvalue weighted by atomic mass is 32.2. The van der Waals surface area contributed by atoms with Gasteiger partial charge in [0.25, 0.3) is 0 Å². The second kappa shape index (κ2) is 5.36. The summed E-state index contributed by atoms with van der Waals surface area (Å²) in [6.45, 7) is 2.53. The molecule has 78 valence electrons. The number of thioether (sulfide) groups is 1. The normalized spacial score (nSPS) is 10.2. The molecule has 0 bridgehead atoms. The summed E-state index contributed by atoms with van der Waals surface area (Å²) in [6, 6.07) is 0. The van der Waals surface area contributed by atoms with E-state index in [0.29, 0.717) is 0 Å². The summed E-state index contributed by atoms with van der Waals surface area (Å²) >= 11 is 3.26. The van der Waals surface area contributed by atoms with E-state index in [0.717, 1.165) is 22.3 Å². The average Bonchev–Trinajstić information content (AvgIpc) is 2.62. The van der Waals surface area contributed by atoms with Gasteiger partial charge < -0.3 is 4.90 Å². The van der Waals surface area contributed by atoms with Crippen molar-refractivity contribution in [2.75, 3.05) is 30.5 Å². The van der Waals surface area contributed by atoms with Crippen LogP contribution in [-0.4, -0.2) is 36.4 Å². The minimum absolute atomic E-state index is 0.0898. The smallest absolute Gasteiger partial charge is 0.185 e. The lowest BCUT2D eigenvalue weighted by molar-refractivity contribution is 0.102. The Morgan fingerprint density at radius 3 is 2.93 bits per heavy atom. The molecule has 3 nitrogen and oxygen atoms in total. The first-order valence-corrected chi connectivity index (χ1v) is 6.53. The van der Waals surface area contributed by atoms with Gasteiger partial charge in [0, 0.05) is 26.3 Å². The molecule has 0 atom stereocenters. The van der Waals surface area contributed by atoms with Crippen molar-refractivity contribution in [3.63, 3.8) is 0 Å². The van der Waals surface area contributed by atoms with E-state index >= 15 is 0 Å². The number of anilines is 1. The Labute approximate surface area is 92.5 Å². The van der Waals surface area contributed by atoms with Gasteiger partial charge >= 0.3 is 0 Å². The molecule has 0 spiro atoms. The molecule has 1 rings (SSSR count). The van der Waals surface area contributed by atoms with E-state index in [9.17, 15) is 4.79 Å². The molecule has 0 radical (unpaired) electrons. The van der Waals surface area contributed by atoms with Gasteiger partial charge in [-0.3, -0.25) is 4.79 Å². The van der Waals surface area contributed by atoms with Crippen LogP contribution < -0.4 is 4.90 Å². The van der Waals surface area contributed by atoms with Crippen molar-refractivity contribution in [1.82, 2.24) is 4.98 Å². The number of hydrogen-bond donors (Lipinski definition) is 0. The van der Waals surface area contributed by atoms with Gasteiger partial charge in [-0.15, -0.1) is 0 Å². The standard InChI is InChI=1S/C9H14N2OS2/c1-7(12)8-6-10-9(14-8)11(2)4-5-13-3/h6H,4-5H2,1-3H3. The Morgan fingerprint density at radius 2 is 2.43 bits per heavy atom. The molecule has 1 aromatic rings. The van der Waals surface area contributed by atoms with E-state index < -0.39 is 0 Å². The van der Waals surface area contributed by atoms with Crippen LogP contribution >= 0.6 is 23.1 Å². The second-order valence-corrected chi connectivity index (χ2v) is 4.97. The zero-order valence-electron chi connectivity index (χ0n) is 8.61. The van der Waals surface area contributed by atoms with Crippen LogP contribution in [0.3, 0.4) is 0 Å². The van der Waals surface area contributed by atoms with Gasteiger partial charge in [0.1, 0.15) is 0 Å². The van der Waals surface area contributed by atoms with Crippen molar-refractivity contribution in [2.45, 2.75) is 6.92 Å². The molecule has 1 heterocycles. The highest BCUT2D eigenvalue weighted by Crippen LogP contribution is 2.21. The van der Waals surface area contributed by atoms with Crippen LogP contribution in [0.5, 0.6) is 0 Å². The number of rotatable bonds is 5. The molecule has 0 amide bonds. The van der Waals surface area contributed by atoms with Crippen molar-refractivity contribution in [2.24, 2.45) is 0 Å². The Morgan fingerprint density at radius 1 is 1.71 bits per heavy atom. The van der Waals surface area contributed by atoms with Crippen LogP contribution in [0, 0.1) is 0 Å². The summed E-state index contributed by atoms with van der Waals surface area (Å²) in [5.41, 5.74) is 0. The van der Waals surface area contributed by atoms with Gasteiger partial charge in [-0.05, 0) is 6.26 Å². The third-order valence-corrected chi connectivity index (χ3v) is 3.60. The van der Waals surface area contributed by atoms with Crippen molar-refractivity contribution in [1.29, 1.82) is 0 Å². The predicted octanol–water partition coefficient (Wildman–Crippen LogP) is 2.14. The molecular weight excluding hydrogens is 216 g/mol. The zero-order chi connectivity index (χ0) is 10.6. The molecule has 0 saturated heterocycles. The number of carbonyl (C=O) groups is 1. The zero-order valence-corrected chi connectivity index (χ0v) is 10.2. The Kier molecular flexibility index (Phi) is 4.41. The van der Waals surface area contributed by atoms with E-state index in [1.54, 1.807) is 24.9 Å². The van der Waals surface area contributed by atoms with Crippen molar-refractivity contribution in [3.05, 3.63) is 11.1 Å². The molecule has 0 aliphatic carbocycles. The SMILES string of the molecule is CSCCN(C)c1ncc(C(C)=O)s1. The molecule has 0 fully saturated rings. The summed E-state index contributed by atoms with van der Waals surface area (Å²) < 4.78 is 0. The number of carbonyl (C=O) groups excluding carboxylic acids is 1. The molecule has 5 heteroatoms. The van der Waals surface area contributed by atoms with Crippen LogP contribution in [0.25, 0.3) is 0 Å². The fourth-order valence-electron chi connectivity index (χ4n) is 0.928. The van der Waals surface area contributed by atoms with Crippen molar-refractivity contribution >= 4 is 34.0 Å². The highest BCUT2D eigenvalue weighted by molar-refractivity contribution is 7.98. The van der Waals surface area contributed by atoms with Gasteiger partial charge in [-0.2, -0.15) is 11.8 Å². The molecule has 0 aliphatic heterocycles. The molecule has 0 saturated carbocycles. The third kappa shape index (κ3) is 2.99. The fourth-order valence-corrected chi connectivity index (χ4v) is 2.18. The first-order chi connectivity index (χ1) is 6.65. The molecule has 14 heavy (non-hydrogen) atoms. The lowest BCUT2D eigenvalue weighted by Gasteiger charge is -2.13. The Hall–Kier alpha value is -0.550. The van der Waals surface area contributed by atoms with Crippen molar-refractivity contribution < 1.29 is 4.79 Å². The number of aromatic nitrogens is 1. The summed E-state index contributed by atoms with van der Waals surface area (Å²) in [6.07, 6.45) is 3.73.